The largest absolute Gasteiger partial charge is 0.488 e. The molecule has 0 radical (unpaired) electrons. The van der Waals surface area contributed by atoms with Crippen molar-refractivity contribution in [3.63, 3.8) is 0 Å². The van der Waals surface area contributed by atoms with Crippen molar-refractivity contribution in [2.75, 3.05) is 31.6 Å². The lowest BCUT2D eigenvalue weighted by atomic mass is 9.90. The Balaban J connectivity index is 1.30. The molecule has 2 aromatic carbocycles. The van der Waals surface area contributed by atoms with Gasteiger partial charge in [0.25, 0.3) is 0 Å². The number of hydrogen-bond acceptors (Lipinski definition) is 8. The zero-order valence-corrected chi connectivity index (χ0v) is 26.5. The van der Waals surface area contributed by atoms with E-state index in [1.807, 2.05) is 33.8 Å². The first-order valence-corrected chi connectivity index (χ1v) is 15.4. The van der Waals surface area contributed by atoms with Crippen LogP contribution in [0.1, 0.15) is 61.9 Å². The second-order valence-corrected chi connectivity index (χ2v) is 13.5. The summed E-state index contributed by atoms with van der Waals surface area (Å²) in [5, 5.41) is 2.96. The van der Waals surface area contributed by atoms with E-state index < -0.39 is 11.0 Å². The standard InChI is InChI=1S/C33H41N3O5S/c1-21-8-11-28(26(16-21)27-19-42-30(34-27)36-15-13-33(6,20-36)29(37)39-7)40-18-24-10-9-23-17-35(14-12-25(23)22(24)2)31(38)41-32(3,4)5/h8-11,16,19H,12-15,17-18,20H2,1-7H3/t33-/m0/s1. The van der Waals surface area contributed by atoms with E-state index in [9.17, 15) is 9.59 Å². The van der Waals surface area contributed by atoms with Crippen LogP contribution >= 0.6 is 11.3 Å². The fourth-order valence-corrected chi connectivity index (χ4v) is 6.58. The zero-order chi connectivity index (χ0) is 30.2. The first kappa shape index (κ1) is 29.9. The fraction of sp³-hybridized carbons (Fsp3) is 0.485. The highest BCUT2D eigenvalue weighted by Crippen LogP contribution is 2.39. The Morgan fingerprint density at radius 1 is 1.12 bits per heavy atom. The number of methoxy groups -OCH3 is 1. The van der Waals surface area contributed by atoms with Crippen molar-refractivity contribution in [1.82, 2.24) is 9.88 Å². The van der Waals surface area contributed by atoms with Gasteiger partial charge in [0.15, 0.2) is 5.13 Å². The Kier molecular flexibility index (Phi) is 8.25. The maximum Gasteiger partial charge on any atom is 0.410 e. The molecule has 1 fully saturated rings. The van der Waals surface area contributed by atoms with Crippen LogP contribution in [-0.4, -0.2) is 54.3 Å². The third-order valence-corrected chi connectivity index (χ3v) is 9.06. The fourth-order valence-electron chi connectivity index (χ4n) is 5.72. The highest BCUT2D eigenvalue weighted by molar-refractivity contribution is 7.14. The molecule has 1 amide bonds. The molecule has 0 N–H and O–H groups in total. The summed E-state index contributed by atoms with van der Waals surface area (Å²) in [6.07, 6.45) is 1.27. The van der Waals surface area contributed by atoms with Gasteiger partial charge in [-0.25, -0.2) is 9.78 Å². The van der Waals surface area contributed by atoms with E-state index in [2.05, 4.69) is 48.4 Å². The minimum atomic E-state index is -0.515. The number of hydrogen-bond donors (Lipinski definition) is 0. The zero-order valence-electron chi connectivity index (χ0n) is 25.7. The molecule has 3 heterocycles. The van der Waals surface area contributed by atoms with Crippen LogP contribution in [0.2, 0.25) is 0 Å². The number of fused-ring (bicyclic) bond motifs is 1. The molecule has 1 atom stereocenters. The molecule has 0 saturated carbocycles. The third kappa shape index (κ3) is 6.26. The quantitative estimate of drug-likeness (QED) is 0.296. The lowest BCUT2D eigenvalue weighted by Crippen LogP contribution is -2.40. The second-order valence-electron chi connectivity index (χ2n) is 12.7. The van der Waals surface area contributed by atoms with Crippen molar-refractivity contribution in [2.24, 2.45) is 5.41 Å². The van der Waals surface area contributed by atoms with E-state index in [0.717, 1.165) is 58.2 Å². The van der Waals surface area contributed by atoms with Crippen molar-refractivity contribution in [2.45, 2.75) is 73.1 Å². The number of benzene rings is 2. The molecule has 3 aromatic rings. The van der Waals surface area contributed by atoms with Gasteiger partial charge in [-0.05, 0) is 88.8 Å². The molecular weight excluding hydrogens is 550 g/mol. The number of aromatic nitrogens is 1. The summed E-state index contributed by atoms with van der Waals surface area (Å²) in [4.78, 5) is 33.8. The van der Waals surface area contributed by atoms with Gasteiger partial charge in [-0.1, -0.05) is 23.8 Å². The maximum absolute atomic E-state index is 12.6. The average Bonchev–Trinajstić information content (AvgIpc) is 3.59. The Bertz CT molecular complexity index is 1490. The Labute approximate surface area is 252 Å². The van der Waals surface area contributed by atoms with Crippen molar-refractivity contribution in [3.05, 3.63) is 63.5 Å². The van der Waals surface area contributed by atoms with Gasteiger partial charge in [0.2, 0.25) is 0 Å². The van der Waals surface area contributed by atoms with Gasteiger partial charge in [-0.3, -0.25) is 4.79 Å². The van der Waals surface area contributed by atoms with Gasteiger partial charge in [0.05, 0.1) is 18.2 Å². The summed E-state index contributed by atoms with van der Waals surface area (Å²) in [6, 6.07) is 10.4. The number of anilines is 1. The van der Waals surface area contributed by atoms with Crippen LogP contribution in [0.5, 0.6) is 5.75 Å². The van der Waals surface area contributed by atoms with E-state index in [4.69, 9.17) is 19.2 Å². The third-order valence-electron chi connectivity index (χ3n) is 8.16. The van der Waals surface area contributed by atoms with E-state index in [-0.39, 0.29) is 12.1 Å². The normalized spacial score (nSPS) is 18.5. The predicted octanol–water partition coefficient (Wildman–Crippen LogP) is 6.69. The number of ether oxygens (including phenoxy) is 3. The van der Waals surface area contributed by atoms with Crippen LogP contribution in [0.4, 0.5) is 9.93 Å². The summed E-state index contributed by atoms with van der Waals surface area (Å²) in [5.74, 6) is 0.612. The smallest absolute Gasteiger partial charge is 0.410 e. The maximum atomic E-state index is 12.6. The van der Waals surface area contributed by atoms with Gasteiger partial charge in [0, 0.05) is 37.1 Å². The van der Waals surface area contributed by atoms with Gasteiger partial charge in [0.1, 0.15) is 18.0 Å². The summed E-state index contributed by atoms with van der Waals surface area (Å²) >= 11 is 1.58. The van der Waals surface area contributed by atoms with Crippen LogP contribution < -0.4 is 9.64 Å². The molecule has 42 heavy (non-hydrogen) atoms. The van der Waals surface area contributed by atoms with E-state index in [1.165, 1.54) is 18.2 Å². The van der Waals surface area contributed by atoms with Gasteiger partial charge >= 0.3 is 12.1 Å². The molecule has 2 aliphatic rings. The topological polar surface area (TPSA) is 81.2 Å². The van der Waals surface area contributed by atoms with Crippen molar-refractivity contribution in [1.29, 1.82) is 0 Å². The first-order valence-electron chi connectivity index (χ1n) is 14.5. The highest BCUT2D eigenvalue weighted by Gasteiger charge is 2.42. The number of esters is 1. The number of carbonyl (C=O) groups excluding carboxylic acids is 2. The van der Waals surface area contributed by atoms with Crippen molar-refractivity contribution >= 4 is 28.5 Å². The summed E-state index contributed by atoms with van der Waals surface area (Å²) in [6.45, 7) is 14.8. The molecule has 2 aliphatic heterocycles. The Morgan fingerprint density at radius 3 is 2.64 bits per heavy atom. The Hall–Kier alpha value is -3.59. The lowest BCUT2D eigenvalue weighted by Gasteiger charge is -2.32. The highest BCUT2D eigenvalue weighted by atomic mass is 32.1. The molecule has 224 valence electrons. The first-order chi connectivity index (χ1) is 19.9. The molecule has 0 spiro atoms. The van der Waals surface area contributed by atoms with Gasteiger partial charge < -0.3 is 24.0 Å². The van der Waals surface area contributed by atoms with Crippen molar-refractivity contribution in [3.8, 4) is 17.0 Å². The van der Waals surface area contributed by atoms with Crippen LogP contribution in [0, 0.1) is 19.3 Å². The molecule has 1 saturated heterocycles. The molecule has 0 unspecified atom stereocenters. The average molecular weight is 592 g/mol. The van der Waals surface area contributed by atoms with Crippen molar-refractivity contribution < 1.29 is 23.8 Å². The van der Waals surface area contributed by atoms with E-state index >= 15 is 0 Å². The molecule has 9 heteroatoms. The summed E-state index contributed by atoms with van der Waals surface area (Å²) < 4.78 is 17.1. The summed E-state index contributed by atoms with van der Waals surface area (Å²) in [5.41, 5.74) is 6.71. The minimum Gasteiger partial charge on any atom is -0.488 e. The van der Waals surface area contributed by atoms with Crippen LogP contribution in [0.3, 0.4) is 0 Å². The van der Waals surface area contributed by atoms with Crippen LogP contribution in [0.15, 0.2) is 35.7 Å². The number of aryl methyl sites for hydroxylation is 1. The van der Waals surface area contributed by atoms with E-state index in [0.29, 0.717) is 26.2 Å². The predicted molar refractivity (Wildman–Crippen MR) is 165 cm³/mol. The number of carbonyl (C=O) groups is 2. The molecule has 1 aromatic heterocycles. The summed E-state index contributed by atoms with van der Waals surface area (Å²) in [7, 11) is 1.45. The number of thiazole rings is 1. The second kappa shape index (κ2) is 11.6. The molecule has 5 rings (SSSR count). The van der Waals surface area contributed by atoms with Crippen LogP contribution in [-0.2, 0) is 33.8 Å². The van der Waals surface area contributed by atoms with Gasteiger partial charge in [-0.2, -0.15) is 0 Å². The lowest BCUT2D eigenvalue weighted by molar-refractivity contribution is -0.150. The molecule has 0 aliphatic carbocycles. The molecule has 0 bridgehead atoms. The Morgan fingerprint density at radius 2 is 1.90 bits per heavy atom. The van der Waals surface area contributed by atoms with Crippen LogP contribution in [0.25, 0.3) is 11.3 Å². The van der Waals surface area contributed by atoms with Gasteiger partial charge in [-0.15, -0.1) is 11.3 Å². The monoisotopic (exact) mass is 591 g/mol. The number of rotatable bonds is 6. The van der Waals surface area contributed by atoms with E-state index in [1.54, 1.807) is 16.2 Å². The number of amides is 1. The molecular formula is C33H41N3O5S. The minimum absolute atomic E-state index is 0.172. The number of nitrogens with zero attached hydrogens (tertiary/aromatic N) is 3. The molecule has 8 nitrogen and oxygen atoms in total. The SMILES string of the molecule is COC(=O)[C@@]1(C)CCN(c2nc(-c3cc(C)ccc3OCc3ccc4c(c3C)CCN(C(=O)OC(C)(C)C)C4)cs2)C1.